The lowest BCUT2D eigenvalue weighted by Crippen LogP contribution is -3.00. The molecule has 2 aliphatic carbocycles. The van der Waals surface area contributed by atoms with Crippen molar-refractivity contribution in [2.45, 2.75) is 103 Å². The fourth-order valence-corrected chi connectivity index (χ4v) is 7.86. The highest BCUT2D eigenvalue weighted by molar-refractivity contribution is 4.90. The Bertz CT molecular complexity index is 705. The maximum absolute atomic E-state index is 11.7. The lowest BCUT2D eigenvalue weighted by atomic mass is 9.67. The van der Waals surface area contributed by atoms with E-state index in [0.717, 1.165) is 51.4 Å². The monoisotopic (exact) mass is 764 g/mol. The van der Waals surface area contributed by atoms with Crippen LogP contribution in [0.2, 0.25) is 0 Å². The van der Waals surface area contributed by atoms with Crippen molar-refractivity contribution in [3.63, 3.8) is 0 Å². The maximum atomic E-state index is 11.7. The molecule has 0 spiro atoms. The highest BCUT2D eigenvalue weighted by atomic mass is 79.9. The fraction of sp³-hybridized carbons (Fsp3) is 1.00. The second kappa shape index (κ2) is 20.2. The van der Waals surface area contributed by atoms with Crippen LogP contribution in [-0.2, 0) is 18.9 Å². The highest BCUT2D eigenvalue weighted by Crippen LogP contribution is 2.46. The van der Waals surface area contributed by atoms with E-state index in [1.807, 2.05) is 55.9 Å². The molecule has 4 N–H and O–H groups in total. The van der Waals surface area contributed by atoms with Gasteiger partial charge in [0.15, 0.2) is 0 Å². The van der Waals surface area contributed by atoms with Gasteiger partial charge in [0.25, 0.3) is 0 Å². The minimum atomic E-state index is -1.23. The van der Waals surface area contributed by atoms with Gasteiger partial charge in [0.2, 0.25) is 24.2 Å². The average molecular weight is 767 g/mol. The number of hydrogen-bond donors (Lipinski definition) is 4. The van der Waals surface area contributed by atoms with Crippen LogP contribution in [0, 0.1) is 23.7 Å². The zero-order valence-electron chi connectivity index (χ0n) is 28.9. The van der Waals surface area contributed by atoms with E-state index in [-0.39, 0.29) is 45.8 Å². The minimum absolute atomic E-state index is 0. The van der Waals surface area contributed by atoms with Crippen LogP contribution >= 0.6 is 0 Å². The van der Waals surface area contributed by atoms with E-state index in [0.29, 0.717) is 73.4 Å². The first-order valence-electron chi connectivity index (χ1n) is 16.6. The zero-order chi connectivity index (χ0) is 31.6. The van der Waals surface area contributed by atoms with Gasteiger partial charge >= 0.3 is 0 Å². The van der Waals surface area contributed by atoms with Gasteiger partial charge in [-0.1, -0.05) is 0 Å². The number of hydrogen-bond acceptors (Lipinski definition) is 8. The summed E-state index contributed by atoms with van der Waals surface area (Å²) in [6.45, 7) is 10.9. The second-order valence-electron chi connectivity index (χ2n) is 14.2. The van der Waals surface area contributed by atoms with E-state index in [1.54, 1.807) is 0 Å². The van der Waals surface area contributed by atoms with Crippen LogP contribution in [0.1, 0.15) is 79.1 Å². The normalized spacial score (nSPS) is 27.3. The van der Waals surface area contributed by atoms with Crippen molar-refractivity contribution >= 4 is 0 Å². The van der Waals surface area contributed by atoms with E-state index >= 15 is 0 Å². The molecule has 0 aromatic rings. The Morgan fingerprint density at radius 1 is 0.568 bits per heavy atom. The number of likely N-dealkylation sites (N-methyl/N-ethyl adjacent to an activating group) is 2. The number of nitrogens with zero attached hydrogens (tertiary/aromatic N) is 2. The highest BCUT2D eigenvalue weighted by Gasteiger charge is 2.48. The molecule has 0 aromatic carbocycles. The summed E-state index contributed by atoms with van der Waals surface area (Å²) in [6, 6.07) is 0. The summed E-state index contributed by atoms with van der Waals surface area (Å²) in [4.78, 5) is 0. The Balaban J connectivity index is 0.00000924. The predicted molar refractivity (Wildman–Crippen MR) is 163 cm³/mol. The van der Waals surface area contributed by atoms with Crippen molar-refractivity contribution in [1.29, 1.82) is 0 Å². The molecule has 0 saturated heterocycles. The van der Waals surface area contributed by atoms with Crippen molar-refractivity contribution < 1.29 is 82.3 Å². The minimum Gasteiger partial charge on any atom is -1.00 e. The van der Waals surface area contributed by atoms with Crippen LogP contribution in [-0.4, -0.2) is 134 Å². The van der Waals surface area contributed by atoms with Crippen molar-refractivity contribution in [3.05, 3.63) is 0 Å². The first kappa shape index (κ1) is 44.6. The molecular weight excluding hydrogens is 700 g/mol. The molecule has 2 aliphatic rings. The maximum Gasteiger partial charge on any atom is 0.219 e. The molecule has 4 unspecified atom stereocenters. The summed E-state index contributed by atoms with van der Waals surface area (Å²) < 4.78 is 23.6. The summed E-state index contributed by atoms with van der Waals surface area (Å²) in [7, 11) is 8.00. The molecule has 0 aliphatic heterocycles. The molecule has 10 nitrogen and oxygen atoms in total. The van der Waals surface area contributed by atoms with Gasteiger partial charge in [-0.2, -0.15) is 0 Å². The van der Waals surface area contributed by atoms with Gasteiger partial charge in [0.1, 0.15) is 26.2 Å². The van der Waals surface area contributed by atoms with Gasteiger partial charge in [-0.25, -0.2) is 0 Å². The summed E-state index contributed by atoms with van der Waals surface area (Å²) in [5.74, 6) is -1.12. The molecule has 12 heteroatoms. The van der Waals surface area contributed by atoms with E-state index in [9.17, 15) is 20.4 Å². The van der Waals surface area contributed by atoms with Crippen molar-refractivity contribution in [1.82, 2.24) is 0 Å². The molecule has 4 atom stereocenters. The number of rotatable bonds is 19. The molecule has 44 heavy (non-hydrogen) atoms. The van der Waals surface area contributed by atoms with Gasteiger partial charge < -0.3 is 82.3 Å². The van der Waals surface area contributed by atoms with Crippen LogP contribution in [0.5, 0.6) is 0 Å². The molecule has 0 heterocycles. The Labute approximate surface area is 289 Å². The van der Waals surface area contributed by atoms with Crippen molar-refractivity contribution in [2.75, 3.05) is 80.8 Å². The molecule has 2 saturated carbocycles. The average Bonchev–Trinajstić information content (AvgIpc) is 2.88. The number of aliphatic hydroxyl groups is 4. The third kappa shape index (κ3) is 14.0. The zero-order valence-corrected chi connectivity index (χ0v) is 32.0. The molecule has 2 rings (SSSR count). The number of ether oxygens (including phenoxy) is 4. The van der Waals surface area contributed by atoms with Crippen LogP contribution < -0.4 is 34.0 Å². The van der Waals surface area contributed by atoms with Crippen molar-refractivity contribution in [2.24, 2.45) is 23.7 Å². The second-order valence-corrected chi connectivity index (χ2v) is 14.2. The first-order valence-corrected chi connectivity index (χ1v) is 16.6. The summed E-state index contributed by atoms with van der Waals surface area (Å²) >= 11 is 0. The predicted octanol–water partition coefficient (Wildman–Crippen LogP) is -3.08. The topological polar surface area (TPSA) is 118 Å². The van der Waals surface area contributed by atoms with Gasteiger partial charge in [0, 0.05) is 38.3 Å². The Morgan fingerprint density at radius 2 is 0.864 bits per heavy atom. The lowest BCUT2D eigenvalue weighted by Gasteiger charge is -2.47. The quantitative estimate of drug-likeness (QED) is 0.0810. The largest absolute Gasteiger partial charge is 1.00 e. The van der Waals surface area contributed by atoms with E-state index in [1.165, 1.54) is 0 Å². The van der Waals surface area contributed by atoms with E-state index in [2.05, 4.69) is 0 Å². The summed E-state index contributed by atoms with van der Waals surface area (Å²) in [6.07, 6.45) is 6.23. The third-order valence-electron chi connectivity index (χ3n) is 9.60. The van der Waals surface area contributed by atoms with Crippen LogP contribution in [0.15, 0.2) is 0 Å². The molecule has 266 valence electrons. The standard InChI is InChI=1S/C32H66N2O8.2BrH/c1-9-39-29(35)21-33(5,6)23-31(37,41-11-3)27-17-13-25(14-18-27)26-15-19-28(20-16-26)32(38,42-12-4)24-34(7,8)22-30(36)40-10-2;;/h25-30,35-38H,9-24H2,1-8H3;2*1H/q+2;;/p-2. The van der Waals surface area contributed by atoms with E-state index in [4.69, 9.17) is 18.9 Å². The molecular formula is C32H66Br2N2O8. The SMILES string of the molecule is CCOC(O)C[N+](C)(C)CC(O)(OCC)C1CCC(C2CCC(C(O)(C[N+](C)(C)CC(O)OCC)OCC)CC2)CC1.[Br-].[Br-]. The molecule has 0 amide bonds. The van der Waals surface area contributed by atoms with Crippen molar-refractivity contribution in [3.8, 4) is 0 Å². The number of aliphatic hydroxyl groups excluding tert-OH is 2. The Hall–Kier alpha value is 0.560. The first-order chi connectivity index (χ1) is 19.6. The van der Waals surface area contributed by atoms with Crippen LogP contribution in [0.4, 0.5) is 0 Å². The molecule has 2 fully saturated rings. The lowest BCUT2D eigenvalue weighted by molar-refractivity contribution is -0.906. The van der Waals surface area contributed by atoms with Gasteiger partial charge in [-0.3, -0.25) is 0 Å². The number of halogens is 2. The summed E-state index contributed by atoms with van der Waals surface area (Å²) in [5, 5.41) is 43.9. The molecule has 0 bridgehead atoms. The van der Waals surface area contributed by atoms with Gasteiger partial charge in [-0.15, -0.1) is 0 Å². The fourth-order valence-electron chi connectivity index (χ4n) is 7.86. The Kier molecular flexibility index (Phi) is 20.4. The van der Waals surface area contributed by atoms with Gasteiger partial charge in [0.05, 0.1) is 28.2 Å². The van der Waals surface area contributed by atoms with Crippen LogP contribution in [0.25, 0.3) is 0 Å². The smallest absolute Gasteiger partial charge is 0.219 e. The molecule has 0 aromatic heterocycles. The summed E-state index contributed by atoms with van der Waals surface area (Å²) in [5.41, 5.74) is 0. The molecule has 0 radical (unpaired) electrons. The van der Waals surface area contributed by atoms with Crippen LogP contribution in [0.3, 0.4) is 0 Å². The Morgan fingerprint density at radius 3 is 1.11 bits per heavy atom. The van der Waals surface area contributed by atoms with Gasteiger partial charge in [-0.05, 0) is 90.9 Å². The van der Waals surface area contributed by atoms with E-state index < -0.39 is 24.2 Å². The third-order valence-corrected chi connectivity index (χ3v) is 9.60. The number of quaternary nitrogens is 2.